The number of hydrogen-bond donors (Lipinski definition) is 2. The molecule has 21 heavy (non-hydrogen) atoms. The van der Waals surface area contributed by atoms with Crippen molar-refractivity contribution in [3.63, 3.8) is 0 Å². The molecule has 0 aliphatic heterocycles. The van der Waals surface area contributed by atoms with Crippen LogP contribution in [0.5, 0.6) is 0 Å². The average Bonchev–Trinajstić information content (AvgIpc) is 2.43. The first-order valence-corrected chi connectivity index (χ1v) is 7.72. The van der Waals surface area contributed by atoms with Crippen molar-refractivity contribution in [2.45, 2.75) is 19.9 Å². The topological polar surface area (TPSA) is 41.1 Å². The summed E-state index contributed by atoms with van der Waals surface area (Å²) in [5, 5.41) is 6.86. The van der Waals surface area contributed by atoms with Crippen LogP contribution >= 0.6 is 27.5 Å². The molecule has 0 saturated carbocycles. The molecule has 0 fully saturated rings. The zero-order valence-electron chi connectivity index (χ0n) is 11.8. The van der Waals surface area contributed by atoms with Crippen LogP contribution in [0.15, 0.2) is 46.9 Å². The SMILES string of the molecule is CC(=O)Nc1cccc(C(C)Nc2cccc(Cl)c2Br)c1. The minimum atomic E-state index is -0.0784. The molecule has 2 aromatic rings. The molecule has 2 aromatic carbocycles. The Morgan fingerprint density at radius 2 is 1.95 bits per heavy atom. The van der Waals surface area contributed by atoms with Gasteiger partial charge in [0.05, 0.1) is 15.2 Å². The number of carbonyl (C=O) groups is 1. The van der Waals surface area contributed by atoms with Crippen molar-refractivity contribution in [2.24, 2.45) is 0 Å². The molecule has 1 atom stereocenters. The van der Waals surface area contributed by atoms with E-state index in [0.29, 0.717) is 5.02 Å². The zero-order valence-corrected chi connectivity index (χ0v) is 14.1. The number of hydrogen-bond acceptors (Lipinski definition) is 2. The van der Waals surface area contributed by atoms with Crippen LogP contribution in [0.2, 0.25) is 5.02 Å². The van der Waals surface area contributed by atoms with Gasteiger partial charge in [-0.15, -0.1) is 0 Å². The van der Waals surface area contributed by atoms with Crippen molar-refractivity contribution in [3.8, 4) is 0 Å². The fourth-order valence-electron chi connectivity index (χ4n) is 2.02. The van der Waals surface area contributed by atoms with Crippen LogP contribution in [0.3, 0.4) is 0 Å². The normalized spacial score (nSPS) is 11.8. The van der Waals surface area contributed by atoms with Gasteiger partial charge in [0.1, 0.15) is 0 Å². The maximum atomic E-state index is 11.1. The number of amides is 1. The molecule has 2 N–H and O–H groups in total. The summed E-state index contributed by atoms with van der Waals surface area (Å²) in [4.78, 5) is 11.1. The molecule has 0 aliphatic rings. The van der Waals surface area contributed by atoms with Gasteiger partial charge in [0.2, 0.25) is 5.91 Å². The lowest BCUT2D eigenvalue weighted by atomic mass is 10.1. The van der Waals surface area contributed by atoms with E-state index in [0.717, 1.165) is 21.4 Å². The Hall–Kier alpha value is -1.52. The number of nitrogens with one attached hydrogen (secondary N) is 2. The monoisotopic (exact) mass is 366 g/mol. The molecule has 0 bridgehead atoms. The van der Waals surface area contributed by atoms with Crippen LogP contribution in [0.1, 0.15) is 25.5 Å². The van der Waals surface area contributed by atoms with Crippen molar-refractivity contribution in [1.29, 1.82) is 0 Å². The van der Waals surface area contributed by atoms with Gasteiger partial charge in [-0.2, -0.15) is 0 Å². The summed E-state index contributed by atoms with van der Waals surface area (Å²) in [5.74, 6) is -0.0784. The maximum Gasteiger partial charge on any atom is 0.221 e. The molecule has 0 spiro atoms. The Morgan fingerprint density at radius 3 is 2.67 bits per heavy atom. The highest BCUT2D eigenvalue weighted by molar-refractivity contribution is 9.10. The first-order chi connectivity index (χ1) is 9.97. The number of anilines is 2. The van der Waals surface area contributed by atoms with Gasteiger partial charge in [-0.05, 0) is 52.7 Å². The van der Waals surface area contributed by atoms with E-state index in [2.05, 4.69) is 33.5 Å². The van der Waals surface area contributed by atoms with Gasteiger partial charge in [-0.1, -0.05) is 29.8 Å². The van der Waals surface area contributed by atoms with Crippen LogP contribution < -0.4 is 10.6 Å². The summed E-state index contributed by atoms with van der Waals surface area (Å²) in [6.07, 6.45) is 0. The lowest BCUT2D eigenvalue weighted by Gasteiger charge is -2.18. The van der Waals surface area contributed by atoms with E-state index in [-0.39, 0.29) is 11.9 Å². The molecule has 0 aliphatic carbocycles. The quantitative estimate of drug-likeness (QED) is 0.776. The van der Waals surface area contributed by atoms with Gasteiger partial charge in [-0.3, -0.25) is 4.79 Å². The van der Waals surface area contributed by atoms with E-state index in [1.54, 1.807) is 0 Å². The zero-order chi connectivity index (χ0) is 15.4. The van der Waals surface area contributed by atoms with Crippen LogP contribution in [-0.4, -0.2) is 5.91 Å². The standard InChI is InChI=1S/C16H16BrClN2O/c1-10(19-15-8-4-7-14(18)16(15)17)12-5-3-6-13(9-12)20-11(2)21/h3-10,19H,1-2H3,(H,20,21). The van der Waals surface area contributed by atoms with E-state index in [1.807, 2.05) is 42.5 Å². The predicted octanol–water partition coefficient (Wildman–Crippen LogP) is 5.23. The number of carbonyl (C=O) groups excluding carboxylic acids is 1. The molecule has 1 unspecified atom stereocenters. The van der Waals surface area contributed by atoms with Crippen LogP contribution in [-0.2, 0) is 4.79 Å². The minimum absolute atomic E-state index is 0.0773. The van der Waals surface area contributed by atoms with E-state index in [1.165, 1.54) is 6.92 Å². The van der Waals surface area contributed by atoms with Gasteiger partial charge in [0.15, 0.2) is 0 Å². The third kappa shape index (κ3) is 4.22. The van der Waals surface area contributed by atoms with Crippen LogP contribution in [0.4, 0.5) is 11.4 Å². The Bertz CT molecular complexity index is 660. The van der Waals surface area contributed by atoms with E-state index >= 15 is 0 Å². The molecule has 110 valence electrons. The smallest absolute Gasteiger partial charge is 0.221 e. The molecule has 2 rings (SSSR count). The van der Waals surface area contributed by atoms with Gasteiger partial charge < -0.3 is 10.6 Å². The molecule has 0 saturated heterocycles. The van der Waals surface area contributed by atoms with Crippen molar-refractivity contribution in [3.05, 3.63) is 57.5 Å². The highest BCUT2D eigenvalue weighted by Crippen LogP contribution is 2.32. The highest BCUT2D eigenvalue weighted by atomic mass is 79.9. The fraction of sp³-hybridized carbons (Fsp3) is 0.188. The molecule has 5 heteroatoms. The Labute approximate surface area is 137 Å². The van der Waals surface area contributed by atoms with Crippen molar-refractivity contribution >= 4 is 44.8 Å². The third-order valence-electron chi connectivity index (χ3n) is 3.03. The molecule has 3 nitrogen and oxygen atoms in total. The lowest BCUT2D eigenvalue weighted by Crippen LogP contribution is -2.09. The summed E-state index contributed by atoms with van der Waals surface area (Å²) >= 11 is 9.57. The second kappa shape index (κ2) is 6.96. The molecule has 0 radical (unpaired) electrons. The average molecular weight is 368 g/mol. The molecular weight excluding hydrogens is 352 g/mol. The Balaban J connectivity index is 2.18. The van der Waals surface area contributed by atoms with Gasteiger partial charge in [-0.25, -0.2) is 0 Å². The van der Waals surface area contributed by atoms with Gasteiger partial charge in [0.25, 0.3) is 0 Å². The lowest BCUT2D eigenvalue weighted by molar-refractivity contribution is -0.114. The molecular formula is C16H16BrClN2O. The predicted molar refractivity (Wildman–Crippen MR) is 91.9 cm³/mol. The third-order valence-corrected chi connectivity index (χ3v) is 4.43. The second-order valence-corrected chi connectivity index (χ2v) is 5.97. The number of benzene rings is 2. The van der Waals surface area contributed by atoms with Gasteiger partial charge >= 0.3 is 0 Å². The number of halogens is 2. The summed E-state index contributed by atoms with van der Waals surface area (Å²) in [6, 6.07) is 13.5. The van der Waals surface area contributed by atoms with E-state index < -0.39 is 0 Å². The van der Waals surface area contributed by atoms with Crippen molar-refractivity contribution in [1.82, 2.24) is 0 Å². The van der Waals surface area contributed by atoms with E-state index in [9.17, 15) is 4.79 Å². The summed E-state index contributed by atoms with van der Waals surface area (Å²) in [6.45, 7) is 3.55. The summed E-state index contributed by atoms with van der Waals surface area (Å²) in [7, 11) is 0. The van der Waals surface area contributed by atoms with Crippen molar-refractivity contribution in [2.75, 3.05) is 10.6 Å². The second-order valence-electron chi connectivity index (χ2n) is 4.77. The van der Waals surface area contributed by atoms with Crippen LogP contribution in [0.25, 0.3) is 0 Å². The first kappa shape index (κ1) is 15.9. The van der Waals surface area contributed by atoms with Crippen molar-refractivity contribution < 1.29 is 4.79 Å². The maximum absolute atomic E-state index is 11.1. The molecule has 0 aromatic heterocycles. The highest BCUT2D eigenvalue weighted by Gasteiger charge is 2.10. The largest absolute Gasteiger partial charge is 0.378 e. The first-order valence-electron chi connectivity index (χ1n) is 6.55. The van der Waals surface area contributed by atoms with E-state index in [4.69, 9.17) is 11.6 Å². The summed E-state index contributed by atoms with van der Waals surface area (Å²) in [5.41, 5.74) is 2.80. The minimum Gasteiger partial charge on any atom is -0.378 e. The fourth-order valence-corrected chi connectivity index (χ4v) is 2.57. The molecule has 0 heterocycles. The summed E-state index contributed by atoms with van der Waals surface area (Å²) < 4.78 is 0.844. The number of rotatable bonds is 4. The molecule has 1 amide bonds. The Morgan fingerprint density at radius 1 is 1.24 bits per heavy atom. The Kier molecular flexibility index (Phi) is 5.26. The van der Waals surface area contributed by atoms with Gasteiger partial charge in [0, 0.05) is 18.7 Å². The van der Waals surface area contributed by atoms with Crippen LogP contribution in [0, 0.1) is 0 Å².